The lowest BCUT2D eigenvalue weighted by Crippen LogP contribution is -2.45. The number of urea groups is 1. The van der Waals surface area contributed by atoms with Gasteiger partial charge in [-0.3, -0.25) is 14.5 Å². The monoisotopic (exact) mass is 466 g/mol. The Labute approximate surface area is 188 Å². The molecule has 2 N–H and O–H groups in total. The normalized spacial score (nSPS) is 23.2. The summed E-state index contributed by atoms with van der Waals surface area (Å²) in [6.45, 7) is 1.43. The van der Waals surface area contributed by atoms with Crippen molar-refractivity contribution in [3.05, 3.63) is 46.7 Å². The number of hydrogen-bond donors (Lipinski definition) is 2. The number of nitrogens with one attached hydrogen (secondary N) is 2. The second kappa shape index (κ2) is 9.05. The van der Waals surface area contributed by atoms with Gasteiger partial charge in [-0.2, -0.15) is 13.2 Å². The van der Waals surface area contributed by atoms with Crippen molar-refractivity contribution < 1.29 is 32.3 Å². The number of rotatable bonds is 6. The minimum absolute atomic E-state index is 0.0200. The van der Waals surface area contributed by atoms with E-state index < -0.39 is 23.8 Å². The summed E-state index contributed by atoms with van der Waals surface area (Å²) in [6.07, 6.45) is -2.49. The summed E-state index contributed by atoms with van der Waals surface area (Å²) in [5.74, 6) is -0.557. The summed E-state index contributed by atoms with van der Waals surface area (Å²) < 4.78 is 44.2. The maximum Gasteiger partial charge on any atom is 0.416 e. The predicted octanol–water partition coefficient (Wildman–Crippen LogP) is 2.18. The zero-order valence-electron chi connectivity index (χ0n) is 18.1. The summed E-state index contributed by atoms with van der Waals surface area (Å²) in [5, 5.41) is 5.50. The van der Waals surface area contributed by atoms with Crippen LogP contribution in [0.5, 0.6) is 0 Å². The quantitative estimate of drug-likeness (QED) is 0.673. The predicted molar refractivity (Wildman–Crippen MR) is 111 cm³/mol. The Balaban J connectivity index is 1.44. The smallest absolute Gasteiger partial charge is 0.376 e. The standard InChI is InChI=1S/C22H25F3N4O4/c1-28-16-12-29(9-8-17(30)26-11-15-3-2-10-33-15)20(31)18(16)19(27-21(28)32)13-4-6-14(7-5-13)22(23,24)25/h4-7,15,19H,2-3,8-12H2,1H3,(H,26,30)(H,27,32)/t15-,19-/m1/s1. The molecule has 1 aromatic carbocycles. The van der Waals surface area contributed by atoms with Crippen molar-refractivity contribution in [2.45, 2.75) is 37.6 Å². The minimum Gasteiger partial charge on any atom is -0.376 e. The first-order valence-corrected chi connectivity index (χ1v) is 10.8. The molecule has 178 valence electrons. The third-order valence-corrected chi connectivity index (χ3v) is 6.17. The van der Waals surface area contributed by atoms with Crippen molar-refractivity contribution in [2.75, 3.05) is 33.3 Å². The van der Waals surface area contributed by atoms with Crippen LogP contribution in [0, 0.1) is 0 Å². The topological polar surface area (TPSA) is 91.0 Å². The van der Waals surface area contributed by atoms with Crippen LogP contribution in [-0.4, -0.2) is 67.0 Å². The van der Waals surface area contributed by atoms with Crippen LogP contribution in [0.25, 0.3) is 0 Å². The number of carbonyl (C=O) groups is 3. The lowest BCUT2D eigenvalue weighted by atomic mass is 9.95. The van der Waals surface area contributed by atoms with Crippen molar-refractivity contribution in [1.82, 2.24) is 20.4 Å². The molecule has 3 heterocycles. The second-order valence-corrected chi connectivity index (χ2v) is 8.34. The van der Waals surface area contributed by atoms with E-state index in [0.29, 0.717) is 30.0 Å². The van der Waals surface area contributed by atoms with Gasteiger partial charge in [0.25, 0.3) is 5.91 Å². The van der Waals surface area contributed by atoms with Crippen molar-refractivity contribution in [3.63, 3.8) is 0 Å². The van der Waals surface area contributed by atoms with Crippen LogP contribution < -0.4 is 10.6 Å². The Morgan fingerprint density at radius 3 is 2.61 bits per heavy atom. The van der Waals surface area contributed by atoms with Gasteiger partial charge in [0, 0.05) is 33.2 Å². The van der Waals surface area contributed by atoms with Gasteiger partial charge in [-0.15, -0.1) is 0 Å². The van der Waals surface area contributed by atoms with Crippen LogP contribution in [0.3, 0.4) is 0 Å². The first-order valence-electron chi connectivity index (χ1n) is 10.8. The molecule has 8 nitrogen and oxygen atoms in total. The molecule has 0 bridgehead atoms. The molecule has 1 aromatic rings. The van der Waals surface area contributed by atoms with Gasteiger partial charge in [0.1, 0.15) is 0 Å². The molecule has 3 aliphatic rings. The van der Waals surface area contributed by atoms with Crippen LogP contribution in [0.1, 0.15) is 36.4 Å². The molecular weight excluding hydrogens is 441 g/mol. The fraction of sp³-hybridized carbons (Fsp3) is 0.500. The molecule has 0 aliphatic carbocycles. The van der Waals surface area contributed by atoms with Crippen LogP contribution in [0.4, 0.5) is 18.0 Å². The van der Waals surface area contributed by atoms with Crippen LogP contribution in [0.2, 0.25) is 0 Å². The van der Waals surface area contributed by atoms with Gasteiger partial charge in [0.15, 0.2) is 0 Å². The molecule has 3 aliphatic heterocycles. The highest BCUT2D eigenvalue weighted by atomic mass is 19.4. The van der Waals surface area contributed by atoms with E-state index in [1.165, 1.54) is 29.0 Å². The lowest BCUT2D eigenvalue weighted by molar-refractivity contribution is -0.137. The number of hydrogen-bond acceptors (Lipinski definition) is 4. The lowest BCUT2D eigenvalue weighted by Gasteiger charge is -2.31. The molecule has 0 radical (unpaired) electrons. The van der Waals surface area contributed by atoms with E-state index >= 15 is 0 Å². The fourth-order valence-corrected chi connectivity index (χ4v) is 4.28. The number of likely N-dealkylation sites (N-methyl/N-ethyl adjacent to an activating group) is 1. The SMILES string of the molecule is CN1C(=O)N[C@H](c2ccc(C(F)(F)F)cc2)C2=C1CN(CCC(=O)NC[C@H]1CCCO1)C2=O. The molecular formula is C22H25F3N4O4. The van der Waals surface area contributed by atoms with Crippen LogP contribution >= 0.6 is 0 Å². The van der Waals surface area contributed by atoms with E-state index in [1.54, 1.807) is 0 Å². The average molecular weight is 466 g/mol. The Kier molecular flexibility index (Phi) is 6.33. The molecule has 0 aromatic heterocycles. The van der Waals surface area contributed by atoms with E-state index in [2.05, 4.69) is 10.6 Å². The number of amides is 4. The van der Waals surface area contributed by atoms with Gasteiger partial charge in [-0.25, -0.2) is 4.79 Å². The van der Waals surface area contributed by atoms with Gasteiger partial charge in [-0.1, -0.05) is 12.1 Å². The second-order valence-electron chi connectivity index (χ2n) is 8.34. The molecule has 1 saturated heterocycles. The van der Waals surface area contributed by atoms with E-state index in [9.17, 15) is 27.6 Å². The number of halogens is 3. The highest BCUT2D eigenvalue weighted by molar-refractivity contribution is 6.01. The van der Waals surface area contributed by atoms with Crippen molar-refractivity contribution in [2.24, 2.45) is 0 Å². The largest absolute Gasteiger partial charge is 0.416 e. The summed E-state index contributed by atoms with van der Waals surface area (Å²) >= 11 is 0. The Morgan fingerprint density at radius 2 is 1.97 bits per heavy atom. The number of alkyl halides is 3. The van der Waals surface area contributed by atoms with E-state index in [-0.39, 0.29) is 37.4 Å². The van der Waals surface area contributed by atoms with Crippen molar-refractivity contribution in [3.8, 4) is 0 Å². The molecule has 0 unspecified atom stereocenters. The Bertz CT molecular complexity index is 971. The molecule has 1 fully saturated rings. The fourth-order valence-electron chi connectivity index (χ4n) is 4.28. The van der Waals surface area contributed by atoms with Crippen LogP contribution in [-0.2, 0) is 20.5 Å². The van der Waals surface area contributed by atoms with E-state index in [0.717, 1.165) is 25.0 Å². The van der Waals surface area contributed by atoms with Gasteiger partial charge < -0.3 is 20.3 Å². The van der Waals surface area contributed by atoms with Gasteiger partial charge in [-0.05, 0) is 30.5 Å². The van der Waals surface area contributed by atoms with Gasteiger partial charge in [0.2, 0.25) is 5.91 Å². The molecule has 0 spiro atoms. The maximum absolute atomic E-state index is 13.1. The highest BCUT2D eigenvalue weighted by Crippen LogP contribution is 2.37. The molecule has 0 saturated carbocycles. The van der Waals surface area contributed by atoms with Crippen LogP contribution in [0.15, 0.2) is 35.5 Å². The molecule has 4 amide bonds. The maximum atomic E-state index is 13.1. The third kappa shape index (κ3) is 4.82. The van der Waals surface area contributed by atoms with Gasteiger partial charge >= 0.3 is 12.2 Å². The third-order valence-electron chi connectivity index (χ3n) is 6.17. The summed E-state index contributed by atoms with van der Waals surface area (Å²) in [5.41, 5.74) is 0.347. The van der Waals surface area contributed by atoms with Crippen molar-refractivity contribution in [1.29, 1.82) is 0 Å². The number of carbonyl (C=O) groups excluding carboxylic acids is 3. The number of ether oxygens (including phenoxy) is 1. The molecule has 11 heteroatoms. The van der Waals surface area contributed by atoms with Gasteiger partial charge in [0.05, 0.1) is 35.5 Å². The zero-order chi connectivity index (χ0) is 23.8. The molecule has 33 heavy (non-hydrogen) atoms. The first kappa shape index (κ1) is 23.1. The average Bonchev–Trinajstić information content (AvgIpc) is 3.41. The molecule has 4 rings (SSSR count). The van der Waals surface area contributed by atoms with E-state index in [1.807, 2.05) is 0 Å². The van der Waals surface area contributed by atoms with Crippen molar-refractivity contribution >= 4 is 17.8 Å². The summed E-state index contributed by atoms with van der Waals surface area (Å²) in [6, 6.07) is 3.06. The zero-order valence-corrected chi connectivity index (χ0v) is 18.1. The number of nitrogens with zero attached hydrogens (tertiary/aromatic N) is 2. The summed E-state index contributed by atoms with van der Waals surface area (Å²) in [7, 11) is 1.53. The number of benzene rings is 1. The Morgan fingerprint density at radius 1 is 1.24 bits per heavy atom. The first-order chi connectivity index (χ1) is 15.6. The molecule has 2 atom stereocenters. The Hall–Kier alpha value is -3.08. The minimum atomic E-state index is -4.48. The highest BCUT2D eigenvalue weighted by Gasteiger charge is 2.43. The summed E-state index contributed by atoms with van der Waals surface area (Å²) in [4.78, 5) is 40.6. The van der Waals surface area contributed by atoms with E-state index in [4.69, 9.17) is 4.74 Å².